The van der Waals surface area contributed by atoms with Crippen LogP contribution in [0.5, 0.6) is 0 Å². The van der Waals surface area contributed by atoms with Crippen LogP contribution in [0.25, 0.3) is 10.2 Å². The average molecular weight is 426 g/mol. The highest BCUT2D eigenvalue weighted by Crippen LogP contribution is 2.33. The van der Waals surface area contributed by atoms with Crippen molar-refractivity contribution in [3.63, 3.8) is 0 Å². The molecule has 8 nitrogen and oxygen atoms in total. The molecule has 5 rings (SSSR count). The van der Waals surface area contributed by atoms with Crippen LogP contribution in [0.2, 0.25) is 0 Å². The van der Waals surface area contributed by atoms with Gasteiger partial charge in [0.1, 0.15) is 5.82 Å². The summed E-state index contributed by atoms with van der Waals surface area (Å²) in [4.78, 5) is 23.9. The number of carbonyl (C=O) groups is 1. The number of ether oxygens (including phenoxy) is 2. The minimum atomic E-state index is -0.370. The molecule has 0 spiro atoms. The Bertz CT molecular complexity index is 1080. The van der Waals surface area contributed by atoms with Crippen LogP contribution >= 0.6 is 11.3 Å². The predicted octanol–water partition coefficient (Wildman–Crippen LogP) is 3.63. The SMILES string of the molecule is COC(=O)c1cc(Nc2nc(NC3CC3)c3sccc3n2)ccc1N1CCOCC1. The van der Waals surface area contributed by atoms with Gasteiger partial charge in [0.2, 0.25) is 5.95 Å². The molecule has 0 amide bonds. The molecule has 156 valence electrons. The highest BCUT2D eigenvalue weighted by Gasteiger charge is 2.24. The van der Waals surface area contributed by atoms with Crippen LogP contribution in [0.1, 0.15) is 23.2 Å². The van der Waals surface area contributed by atoms with Gasteiger partial charge in [-0.1, -0.05) is 0 Å². The maximum Gasteiger partial charge on any atom is 0.340 e. The van der Waals surface area contributed by atoms with Gasteiger partial charge in [0.15, 0.2) is 0 Å². The van der Waals surface area contributed by atoms with E-state index in [1.807, 2.05) is 23.6 Å². The first kappa shape index (κ1) is 19.1. The van der Waals surface area contributed by atoms with Crippen molar-refractivity contribution >= 4 is 50.7 Å². The summed E-state index contributed by atoms with van der Waals surface area (Å²) in [7, 11) is 1.40. The molecule has 2 aromatic heterocycles. The van der Waals surface area contributed by atoms with Crippen molar-refractivity contribution in [1.29, 1.82) is 0 Å². The van der Waals surface area contributed by atoms with E-state index in [9.17, 15) is 4.79 Å². The Hall–Kier alpha value is -2.91. The van der Waals surface area contributed by atoms with Crippen LogP contribution in [0.15, 0.2) is 29.6 Å². The molecule has 3 heterocycles. The highest BCUT2D eigenvalue weighted by atomic mass is 32.1. The molecule has 30 heavy (non-hydrogen) atoms. The van der Waals surface area contributed by atoms with E-state index in [0.29, 0.717) is 30.8 Å². The zero-order valence-corrected chi connectivity index (χ0v) is 17.5. The van der Waals surface area contributed by atoms with E-state index in [1.165, 1.54) is 20.0 Å². The molecule has 1 saturated carbocycles. The second kappa shape index (κ2) is 8.08. The molecule has 0 radical (unpaired) electrons. The molecular weight excluding hydrogens is 402 g/mol. The van der Waals surface area contributed by atoms with E-state index in [2.05, 4.69) is 25.5 Å². The number of thiophene rings is 1. The largest absolute Gasteiger partial charge is 0.465 e. The van der Waals surface area contributed by atoms with Gasteiger partial charge in [-0.15, -0.1) is 11.3 Å². The number of hydrogen-bond donors (Lipinski definition) is 2. The number of fused-ring (bicyclic) bond motifs is 1. The Kier molecular flexibility index (Phi) is 5.14. The van der Waals surface area contributed by atoms with Gasteiger partial charge < -0.3 is 25.0 Å². The van der Waals surface area contributed by atoms with Crippen molar-refractivity contribution in [1.82, 2.24) is 9.97 Å². The Balaban J connectivity index is 1.46. The molecule has 2 N–H and O–H groups in total. The fourth-order valence-electron chi connectivity index (χ4n) is 3.53. The molecule has 1 aromatic carbocycles. The third-order valence-corrected chi connectivity index (χ3v) is 6.14. The molecule has 1 aliphatic carbocycles. The number of rotatable bonds is 6. The number of benzene rings is 1. The van der Waals surface area contributed by atoms with E-state index in [0.717, 1.165) is 40.5 Å². The zero-order valence-electron chi connectivity index (χ0n) is 16.7. The topological polar surface area (TPSA) is 88.6 Å². The summed E-state index contributed by atoms with van der Waals surface area (Å²) in [6.07, 6.45) is 2.34. The lowest BCUT2D eigenvalue weighted by Gasteiger charge is -2.30. The number of aromatic nitrogens is 2. The summed E-state index contributed by atoms with van der Waals surface area (Å²) in [5.74, 6) is 0.988. The van der Waals surface area contributed by atoms with Gasteiger partial charge in [-0.05, 0) is 42.5 Å². The molecule has 1 aliphatic heterocycles. The molecule has 0 atom stereocenters. The summed E-state index contributed by atoms with van der Waals surface area (Å²) >= 11 is 1.63. The maximum atomic E-state index is 12.5. The second-order valence-corrected chi connectivity index (χ2v) is 8.31. The Morgan fingerprint density at radius 1 is 1.23 bits per heavy atom. The van der Waals surface area contributed by atoms with E-state index >= 15 is 0 Å². The Labute approximate surface area is 178 Å². The minimum absolute atomic E-state index is 0.370. The first-order chi connectivity index (χ1) is 14.7. The van der Waals surface area contributed by atoms with Crippen molar-refractivity contribution in [2.75, 3.05) is 48.9 Å². The van der Waals surface area contributed by atoms with Crippen LogP contribution in [0.4, 0.5) is 23.1 Å². The summed E-state index contributed by atoms with van der Waals surface area (Å²) in [5, 5.41) is 8.77. The molecule has 0 unspecified atom stereocenters. The van der Waals surface area contributed by atoms with Gasteiger partial charge >= 0.3 is 5.97 Å². The molecule has 2 aliphatic rings. The number of nitrogens with one attached hydrogen (secondary N) is 2. The molecule has 0 bridgehead atoms. The number of methoxy groups -OCH3 is 1. The highest BCUT2D eigenvalue weighted by molar-refractivity contribution is 7.17. The molecule has 1 saturated heterocycles. The smallest absolute Gasteiger partial charge is 0.340 e. The van der Waals surface area contributed by atoms with Gasteiger partial charge in [0.25, 0.3) is 0 Å². The lowest BCUT2D eigenvalue weighted by Crippen LogP contribution is -2.37. The number of morpholine rings is 1. The summed E-state index contributed by atoms with van der Waals surface area (Å²) < 4.78 is 11.5. The van der Waals surface area contributed by atoms with Gasteiger partial charge in [-0.3, -0.25) is 0 Å². The molecule has 3 aromatic rings. The van der Waals surface area contributed by atoms with Gasteiger partial charge in [-0.2, -0.15) is 4.98 Å². The van der Waals surface area contributed by atoms with E-state index in [-0.39, 0.29) is 5.97 Å². The van der Waals surface area contributed by atoms with Crippen molar-refractivity contribution < 1.29 is 14.3 Å². The van der Waals surface area contributed by atoms with E-state index < -0.39 is 0 Å². The molecular formula is C21H23N5O3S. The lowest BCUT2D eigenvalue weighted by molar-refractivity contribution is 0.0600. The third-order valence-electron chi connectivity index (χ3n) is 5.23. The van der Waals surface area contributed by atoms with Gasteiger partial charge in [0.05, 0.1) is 41.8 Å². The van der Waals surface area contributed by atoms with E-state index in [4.69, 9.17) is 9.47 Å². The number of carbonyl (C=O) groups excluding carboxylic acids is 1. The van der Waals surface area contributed by atoms with Crippen LogP contribution in [-0.4, -0.2) is 55.4 Å². The minimum Gasteiger partial charge on any atom is -0.465 e. The standard InChI is InChI=1S/C21H23N5O3S/c1-28-20(27)15-12-14(4-5-17(15)26-7-9-29-10-8-26)23-21-24-16-6-11-30-18(16)19(25-21)22-13-2-3-13/h4-6,11-13H,2-3,7-10H2,1H3,(H2,22,23,24,25). The Morgan fingerprint density at radius 2 is 2.07 bits per heavy atom. The fraction of sp³-hybridized carbons (Fsp3) is 0.381. The van der Waals surface area contributed by atoms with Crippen molar-refractivity contribution in [2.24, 2.45) is 0 Å². The van der Waals surface area contributed by atoms with Crippen molar-refractivity contribution in [3.05, 3.63) is 35.2 Å². The third kappa shape index (κ3) is 3.90. The van der Waals surface area contributed by atoms with Crippen LogP contribution < -0.4 is 15.5 Å². The first-order valence-corrected chi connectivity index (χ1v) is 10.9. The fourth-order valence-corrected chi connectivity index (χ4v) is 4.32. The first-order valence-electron chi connectivity index (χ1n) is 10.0. The van der Waals surface area contributed by atoms with Crippen LogP contribution in [0, 0.1) is 0 Å². The normalized spacial score (nSPS) is 16.5. The summed E-state index contributed by atoms with van der Waals surface area (Å²) in [6.45, 7) is 2.77. The summed E-state index contributed by atoms with van der Waals surface area (Å²) in [6, 6.07) is 8.16. The second-order valence-electron chi connectivity index (χ2n) is 7.40. The van der Waals surface area contributed by atoms with Crippen LogP contribution in [0.3, 0.4) is 0 Å². The number of esters is 1. The van der Waals surface area contributed by atoms with Crippen molar-refractivity contribution in [2.45, 2.75) is 18.9 Å². The number of hydrogen-bond acceptors (Lipinski definition) is 9. The Morgan fingerprint density at radius 3 is 2.83 bits per heavy atom. The zero-order chi connectivity index (χ0) is 20.5. The predicted molar refractivity (Wildman–Crippen MR) is 118 cm³/mol. The van der Waals surface area contributed by atoms with Gasteiger partial charge in [-0.25, -0.2) is 9.78 Å². The maximum absolute atomic E-state index is 12.5. The average Bonchev–Trinajstić information content (AvgIpc) is 3.47. The lowest BCUT2D eigenvalue weighted by atomic mass is 10.1. The quantitative estimate of drug-likeness (QED) is 0.579. The molecule has 2 fully saturated rings. The van der Waals surface area contributed by atoms with Gasteiger partial charge in [0, 0.05) is 24.8 Å². The van der Waals surface area contributed by atoms with Crippen molar-refractivity contribution in [3.8, 4) is 0 Å². The van der Waals surface area contributed by atoms with Crippen LogP contribution in [-0.2, 0) is 9.47 Å². The summed E-state index contributed by atoms with van der Waals surface area (Å²) in [5.41, 5.74) is 3.00. The van der Waals surface area contributed by atoms with E-state index in [1.54, 1.807) is 17.4 Å². The monoisotopic (exact) mass is 425 g/mol. The molecule has 9 heteroatoms. The number of anilines is 4. The number of nitrogens with zero attached hydrogens (tertiary/aromatic N) is 3.